The van der Waals surface area contributed by atoms with E-state index in [0.29, 0.717) is 5.56 Å². The third-order valence-electron chi connectivity index (χ3n) is 3.70. The maximum absolute atomic E-state index is 13.1. The van der Waals surface area contributed by atoms with Gasteiger partial charge in [-0.1, -0.05) is 0 Å². The van der Waals surface area contributed by atoms with E-state index in [1.807, 2.05) is 0 Å². The molecule has 2 aromatic carbocycles. The molecular weight excluding hydrogens is 350 g/mol. The van der Waals surface area contributed by atoms with Crippen molar-refractivity contribution in [3.8, 4) is 0 Å². The van der Waals surface area contributed by atoms with E-state index in [4.69, 9.17) is 0 Å². The number of nitrogens with one attached hydrogen (secondary N) is 2. The quantitative estimate of drug-likeness (QED) is 0.824. The molecule has 0 spiro atoms. The summed E-state index contributed by atoms with van der Waals surface area (Å²) in [6, 6.07) is 8.49. The van der Waals surface area contributed by atoms with Gasteiger partial charge in [0.2, 0.25) is 10.0 Å². The topological polar surface area (TPSA) is 75.3 Å². The number of amides is 1. The largest absolute Gasteiger partial charge is 0.348 e. The molecule has 1 aliphatic rings. The Kier molecular flexibility index (Phi) is 4.82. The van der Waals surface area contributed by atoms with E-state index in [1.165, 1.54) is 24.3 Å². The van der Waals surface area contributed by atoms with Crippen LogP contribution in [0, 0.1) is 11.6 Å². The van der Waals surface area contributed by atoms with E-state index in [1.54, 1.807) is 0 Å². The van der Waals surface area contributed by atoms with Crippen molar-refractivity contribution in [3.63, 3.8) is 0 Å². The lowest BCUT2D eigenvalue weighted by atomic mass is 10.2. The number of carbonyl (C=O) groups is 1. The van der Waals surface area contributed by atoms with Crippen molar-refractivity contribution in [2.45, 2.75) is 30.3 Å². The van der Waals surface area contributed by atoms with Gasteiger partial charge in [-0.05, 0) is 54.8 Å². The summed E-state index contributed by atoms with van der Waals surface area (Å²) in [5, 5.41) is 2.53. The zero-order valence-corrected chi connectivity index (χ0v) is 13.9. The average molecular weight is 366 g/mol. The molecule has 2 aromatic rings. The number of hydrogen-bond acceptors (Lipinski definition) is 3. The molecule has 8 heteroatoms. The van der Waals surface area contributed by atoms with Crippen LogP contribution in [0.25, 0.3) is 0 Å². The summed E-state index contributed by atoms with van der Waals surface area (Å²) in [7, 11) is -3.57. The summed E-state index contributed by atoms with van der Waals surface area (Å²) in [6.45, 7) is -0.0448. The van der Waals surface area contributed by atoms with Crippen LogP contribution in [0.4, 0.5) is 8.78 Å². The first-order valence-corrected chi connectivity index (χ1v) is 9.17. The first kappa shape index (κ1) is 17.5. The third-order valence-corrected chi connectivity index (χ3v) is 5.24. The lowest BCUT2D eigenvalue weighted by Gasteiger charge is -2.08. The molecule has 25 heavy (non-hydrogen) atoms. The van der Waals surface area contributed by atoms with Crippen LogP contribution in [-0.2, 0) is 16.6 Å². The highest BCUT2D eigenvalue weighted by molar-refractivity contribution is 7.89. The van der Waals surface area contributed by atoms with Gasteiger partial charge < -0.3 is 5.32 Å². The Morgan fingerprint density at radius 2 is 1.64 bits per heavy atom. The van der Waals surface area contributed by atoms with Crippen LogP contribution in [-0.4, -0.2) is 20.4 Å². The molecule has 3 rings (SSSR count). The van der Waals surface area contributed by atoms with E-state index in [9.17, 15) is 22.0 Å². The van der Waals surface area contributed by atoms with Crippen LogP contribution < -0.4 is 10.0 Å². The number of sulfonamides is 1. The number of carbonyl (C=O) groups excluding carboxylic acids is 1. The minimum Gasteiger partial charge on any atom is -0.348 e. The summed E-state index contributed by atoms with van der Waals surface area (Å²) in [4.78, 5) is 12.2. The van der Waals surface area contributed by atoms with Gasteiger partial charge in [-0.2, -0.15) is 0 Å². The van der Waals surface area contributed by atoms with Gasteiger partial charge in [0.1, 0.15) is 11.6 Å². The maximum Gasteiger partial charge on any atom is 0.251 e. The minimum absolute atomic E-state index is 0.000335. The minimum atomic E-state index is -3.57. The maximum atomic E-state index is 13.1. The molecule has 5 nitrogen and oxygen atoms in total. The lowest BCUT2D eigenvalue weighted by molar-refractivity contribution is 0.0950. The second-order valence-corrected chi connectivity index (χ2v) is 7.59. The number of benzene rings is 2. The van der Waals surface area contributed by atoms with Gasteiger partial charge in [0.15, 0.2) is 0 Å². The highest BCUT2D eigenvalue weighted by Crippen LogP contribution is 2.22. The van der Waals surface area contributed by atoms with Crippen LogP contribution in [0.5, 0.6) is 0 Å². The predicted octanol–water partition coefficient (Wildman–Crippen LogP) is 2.34. The van der Waals surface area contributed by atoms with Gasteiger partial charge in [0.25, 0.3) is 5.91 Å². The van der Waals surface area contributed by atoms with Gasteiger partial charge in [-0.15, -0.1) is 0 Å². The molecule has 1 fully saturated rings. The second kappa shape index (κ2) is 6.89. The van der Waals surface area contributed by atoms with Crippen molar-refractivity contribution in [1.82, 2.24) is 10.0 Å². The highest BCUT2D eigenvalue weighted by Gasteiger charge is 2.27. The molecule has 0 heterocycles. The van der Waals surface area contributed by atoms with E-state index >= 15 is 0 Å². The smallest absolute Gasteiger partial charge is 0.251 e. The van der Waals surface area contributed by atoms with Crippen LogP contribution >= 0.6 is 0 Å². The highest BCUT2D eigenvalue weighted by atomic mass is 32.2. The fraction of sp³-hybridized carbons (Fsp3) is 0.235. The molecular formula is C17H16F2N2O3S. The van der Waals surface area contributed by atoms with Gasteiger partial charge in [0.05, 0.1) is 4.90 Å². The summed E-state index contributed by atoms with van der Waals surface area (Å²) in [6.07, 6.45) is 1.67. The number of hydrogen-bond donors (Lipinski definition) is 2. The van der Waals surface area contributed by atoms with Crippen LogP contribution in [0.3, 0.4) is 0 Å². The standard InChI is InChI=1S/C17H16F2N2O3S/c18-13-7-11(8-14(19)9-13)10-20-17(22)12-1-5-16(6-2-12)25(23,24)21-15-3-4-15/h1-2,5-9,15,21H,3-4,10H2,(H,20,22). The summed E-state index contributed by atoms with van der Waals surface area (Å²) in [5.74, 6) is -1.91. The molecule has 1 saturated carbocycles. The van der Waals surface area contributed by atoms with Crippen molar-refractivity contribution < 1.29 is 22.0 Å². The molecule has 0 radical (unpaired) electrons. The zero-order valence-electron chi connectivity index (χ0n) is 13.1. The SMILES string of the molecule is O=C(NCc1cc(F)cc(F)c1)c1ccc(S(=O)(=O)NC2CC2)cc1. The van der Waals surface area contributed by atoms with E-state index in [2.05, 4.69) is 10.0 Å². The van der Waals surface area contributed by atoms with Crippen molar-refractivity contribution in [2.75, 3.05) is 0 Å². The Balaban J connectivity index is 1.64. The molecule has 1 aliphatic carbocycles. The Hall–Kier alpha value is -2.32. The first-order chi connectivity index (χ1) is 11.8. The molecule has 2 N–H and O–H groups in total. The first-order valence-electron chi connectivity index (χ1n) is 7.69. The third kappa shape index (κ3) is 4.61. The van der Waals surface area contributed by atoms with Crippen LogP contribution in [0.1, 0.15) is 28.8 Å². The molecule has 0 atom stereocenters. The summed E-state index contributed by atoms with van der Waals surface area (Å²) in [5.41, 5.74) is 0.543. The fourth-order valence-electron chi connectivity index (χ4n) is 2.27. The Labute approximate surface area is 144 Å². The number of rotatable bonds is 6. The second-order valence-electron chi connectivity index (χ2n) is 5.88. The Bertz CT molecular complexity index is 874. The van der Waals surface area contributed by atoms with Crippen LogP contribution in [0.15, 0.2) is 47.4 Å². The zero-order chi connectivity index (χ0) is 18.0. The molecule has 1 amide bonds. The molecule has 0 aliphatic heterocycles. The van der Waals surface area contributed by atoms with Gasteiger partial charge in [-0.3, -0.25) is 4.79 Å². The molecule has 132 valence electrons. The summed E-state index contributed by atoms with van der Waals surface area (Å²) >= 11 is 0. The summed E-state index contributed by atoms with van der Waals surface area (Å²) < 4.78 is 52.9. The van der Waals surface area contributed by atoms with E-state index < -0.39 is 27.6 Å². The molecule has 0 bridgehead atoms. The normalized spacial score (nSPS) is 14.3. The van der Waals surface area contributed by atoms with Gasteiger partial charge >= 0.3 is 0 Å². The van der Waals surface area contributed by atoms with Crippen LogP contribution in [0.2, 0.25) is 0 Å². The van der Waals surface area contributed by atoms with E-state index in [-0.39, 0.29) is 23.0 Å². The number of halogens is 2. The Morgan fingerprint density at radius 3 is 2.20 bits per heavy atom. The molecule has 0 aromatic heterocycles. The monoisotopic (exact) mass is 366 g/mol. The predicted molar refractivity (Wildman–Crippen MR) is 87.3 cm³/mol. The van der Waals surface area contributed by atoms with Gasteiger partial charge in [-0.25, -0.2) is 21.9 Å². The fourth-order valence-corrected chi connectivity index (χ4v) is 3.58. The lowest BCUT2D eigenvalue weighted by Crippen LogP contribution is -2.26. The van der Waals surface area contributed by atoms with Crippen molar-refractivity contribution in [3.05, 3.63) is 65.2 Å². The van der Waals surface area contributed by atoms with Crippen molar-refractivity contribution in [2.24, 2.45) is 0 Å². The molecule has 0 saturated heterocycles. The van der Waals surface area contributed by atoms with Crippen molar-refractivity contribution in [1.29, 1.82) is 0 Å². The van der Waals surface area contributed by atoms with Gasteiger partial charge in [0, 0.05) is 24.2 Å². The Morgan fingerprint density at radius 1 is 1.04 bits per heavy atom. The average Bonchev–Trinajstić information content (AvgIpc) is 3.35. The molecule has 0 unspecified atom stereocenters. The van der Waals surface area contributed by atoms with Crippen molar-refractivity contribution >= 4 is 15.9 Å². The van der Waals surface area contributed by atoms with E-state index in [0.717, 1.165) is 31.0 Å².